The third kappa shape index (κ3) is 3.06. The van der Waals surface area contributed by atoms with E-state index >= 15 is 0 Å². The van der Waals surface area contributed by atoms with E-state index in [1.165, 1.54) is 0 Å². The summed E-state index contributed by atoms with van der Waals surface area (Å²) in [7, 11) is 1.75. The van der Waals surface area contributed by atoms with Crippen LogP contribution in [0.2, 0.25) is 0 Å². The minimum Gasteiger partial charge on any atom is -0.463 e. The second-order valence-electron chi connectivity index (χ2n) is 3.44. The Bertz CT molecular complexity index is 529. The van der Waals surface area contributed by atoms with Gasteiger partial charge in [-0.05, 0) is 29.0 Å². The molecule has 7 nitrogen and oxygen atoms in total. The van der Waals surface area contributed by atoms with Crippen LogP contribution in [0.3, 0.4) is 0 Å². The molecule has 0 aliphatic rings. The van der Waals surface area contributed by atoms with Crippen LogP contribution in [0.5, 0.6) is 6.01 Å². The monoisotopic (exact) mass is 360 g/mol. The molecule has 96 valence electrons. The molecule has 0 saturated heterocycles. The highest BCUT2D eigenvalue weighted by Gasteiger charge is 2.09. The van der Waals surface area contributed by atoms with Gasteiger partial charge in [0, 0.05) is 13.2 Å². The molecule has 0 aromatic carbocycles. The van der Waals surface area contributed by atoms with E-state index in [9.17, 15) is 0 Å². The van der Waals surface area contributed by atoms with Crippen molar-refractivity contribution < 1.29 is 4.74 Å². The molecule has 2 heterocycles. The van der Waals surface area contributed by atoms with Crippen LogP contribution in [0.25, 0.3) is 5.95 Å². The molecule has 1 N–H and O–H groups in total. The van der Waals surface area contributed by atoms with Gasteiger partial charge in [-0.1, -0.05) is 6.92 Å². The predicted octanol–water partition coefficient (Wildman–Crippen LogP) is 1.49. The van der Waals surface area contributed by atoms with Gasteiger partial charge in [0.1, 0.15) is 0 Å². The zero-order valence-electron chi connectivity index (χ0n) is 10.1. The summed E-state index contributed by atoms with van der Waals surface area (Å²) in [6, 6.07) is 0.303. The molecule has 0 radical (unpaired) electrons. The number of nitrogens with zero attached hydrogens (tertiary/aromatic N) is 5. The van der Waals surface area contributed by atoms with Crippen molar-refractivity contribution in [2.75, 3.05) is 19.0 Å². The van der Waals surface area contributed by atoms with Gasteiger partial charge in [0.25, 0.3) is 5.95 Å². The van der Waals surface area contributed by atoms with Crippen LogP contribution in [0, 0.1) is 3.57 Å². The van der Waals surface area contributed by atoms with Crippen molar-refractivity contribution in [1.82, 2.24) is 24.7 Å². The van der Waals surface area contributed by atoms with Gasteiger partial charge in [0.2, 0.25) is 5.95 Å². The van der Waals surface area contributed by atoms with E-state index in [0.29, 0.717) is 24.5 Å². The van der Waals surface area contributed by atoms with Crippen LogP contribution in [-0.4, -0.2) is 38.4 Å². The minimum atomic E-state index is 0.303. The standard InChI is InChI=1S/C10H13IN6O/c1-3-4-18-10-15-8(12-2)14-9(16-10)17-6-7(11)5-13-17/h5-6H,3-4H2,1-2H3,(H,12,14,15,16). The van der Waals surface area contributed by atoms with Gasteiger partial charge in [-0.3, -0.25) is 0 Å². The van der Waals surface area contributed by atoms with E-state index < -0.39 is 0 Å². The Balaban J connectivity index is 2.34. The SMILES string of the molecule is CCCOc1nc(NC)nc(-n2cc(I)cn2)n1. The maximum absolute atomic E-state index is 5.42. The fourth-order valence-corrected chi connectivity index (χ4v) is 1.62. The topological polar surface area (TPSA) is 77.8 Å². The lowest BCUT2D eigenvalue weighted by molar-refractivity contribution is 0.291. The number of anilines is 1. The number of ether oxygens (including phenoxy) is 1. The maximum Gasteiger partial charge on any atom is 0.323 e. The number of halogens is 1. The summed E-state index contributed by atoms with van der Waals surface area (Å²) in [5, 5.41) is 7.03. The molecule has 8 heteroatoms. The third-order valence-corrected chi connectivity index (χ3v) is 2.58. The van der Waals surface area contributed by atoms with Crippen LogP contribution < -0.4 is 10.1 Å². The zero-order valence-corrected chi connectivity index (χ0v) is 12.2. The fourth-order valence-electron chi connectivity index (χ4n) is 1.23. The van der Waals surface area contributed by atoms with E-state index in [2.05, 4.69) is 48.0 Å². The first-order valence-corrected chi connectivity index (χ1v) is 6.58. The van der Waals surface area contributed by atoms with Gasteiger partial charge in [0.05, 0.1) is 16.4 Å². The number of nitrogens with one attached hydrogen (secondary N) is 1. The van der Waals surface area contributed by atoms with E-state index in [0.717, 1.165) is 9.99 Å². The molecular formula is C10H13IN6O. The van der Waals surface area contributed by atoms with Crippen LogP contribution in [0.15, 0.2) is 12.4 Å². The van der Waals surface area contributed by atoms with Crippen molar-refractivity contribution in [3.05, 3.63) is 16.0 Å². The average Bonchev–Trinajstić information content (AvgIpc) is 2.82. The summed E-state index contributed by atoms with van der Waals surface area (Å²) in [6.45, 7) is 2.60. The van der Waals surface area contributed by atoms with Crippen LogP contribution in [-0.2, 0) is 0 Å². The Morgan fingerprint density at radius 1 is 1.39 bits per heavy atom. The lowest BCUT2D eigenvalue weighted by atomic mass is 10.5. The molecule has 2 rings (SSSR count). The molecular weight excluding hydrogens is 347 g/mol. The maximum atomic E-state index is 5.42. The molecule has 0 bridgehead atoms. The quantitative estimate of drug-likeness (QED) is 0.815. The lowest BCUT2D eigenvalue weighted by Crippen LogP contribution is -2.09. The van der Waals surface area contributed by atoms with E-state index in [1.807, 2.05) is 13.1 Å². The first kappa shape index (κ1) is 13.0. The van der Waals surface area contributed by atoms with E-state index in [-0.39, 0.29) is 0 Å². The molecule has 0 unspecified atom stereocenters. The van der Waals surface area contributed by atoms with E-state index in [4.69, 9.17) is 4.74 Å². The number of hydrogen-bond donors (Lipinski definition) is 1. The molecule has 2 aromatic rings. The molecule has 0 amide bonds. The first-order chi connectivity index (χ1) is 8.72. The smallest absolute Gasteiger partial charge is 0.323 e. The van der Waals surface area contributed by atoms with Crippen LogP contribution in [0.1, 0.15) is 13.3 Å². The molecule has 2 aromatic heterocycles. The second kappa shape index (κ2) is 5.94. The highest BCUT2D eigenvalue weighted by molar-refractivity contribution is 14.1. The zero-order chi connectivity index (χ0) is 13.0. The van der Waals surface area contributed by atoms with Crippen LogP contribution >= 0.6 is 22.6 Å². The fraction of sp³-hybridized carbons (Fsp3) is 0.400. The molecule has 0 spiro atoms. The Morgan fingerprint density at radius 3 is 2.83 bits per heavy atom. The molecule has 0 atom stereocenters. The number of aromatic nitrogens is 5. The summed E-state index contributed by atoms with van der Waals surface area (Å²) >= 11 is 2.18. The molecule has 0 aliphatic heterocycles. The molecule has 0 saturated carbocycles. The summed E-state index contributed by atoms with van der Waals surface area (Å²) in [5.41, 5.74) is 0. The Hall–Kier alpha value is -1.45. The Kier molecular flexibility index (Phi) is 4.28. The van der Waals surface area contributed by atoms with Crippen molar-refractivity contribution in [2.24, 2.45) is 0 Å². The van der Waals surface area contributed by atoms with Crippen molar-refractivity contribution >= 4 is 28.5 Å². The number of hydrogen-bond acceptors (Lipinski definition) is 6. The number of rotatable bonds is 5. The van der Waals surface area contributed by atoms with Gasteiger partial charge in [0.15, 0.2) is 0 Å². The highest BCUT2D eigenvalue weighted by atomic mass is 127. The van der Waals surface area contributed by atoms with Crippen molar-refractivity contribution in [3.8, 4) is 12.0 Å². The summed E-state index contributed by atoms with van der Waals surface area (Å²) in [4.78, 5) is 12.6. The molecule has 0 aliphatic carbocycles. The van der Waals surface area contributed by atoms with Gasteiger partial charge < -0.3 is 10.1 Å². The van der Waals surface area contributed by atoms with Gasteiger partial charge in [-0.2, -0.15) is 20.1 Å². The largest absolute Gasteiger partial charge is 0.463 e. The Morgan fingerprint density at radius 2 is 2.22 bits per heavy atom. The lowest BCUT2D eigenvalue weighted by Gasteiger charge is -2.06. The molecule has 0 fully saturated rings. The van der Waals surface area contributed by atoms with Crippen molar-refractivity contribution in [3.63, 3.8) is 0 Å². The Labute approximate surface area is 118 Å². The van der Waals surface area contributed by atoms with Crippen LogP contribution in [0.4, 0.5) is 5.95 Å². The second-order valence-corrected chi connectivity index (χ2v) is 4.69. The van der Waals surface area contributed by atoms with Gasteiger partial charge >= 0.3 is 6.01 Å². The van der Waals surface area contributed by atoms with Crippen molar-refractivity contribution in [2.45, 2.75) is 13.3 Å². The van der Waals surface area contributed by atoms with E-state index in [1.54, 1.807) is 17.9 Å². The van der Waals surface area contributed by atoms with Gasteiger partial charge in [-0.15, -0.1) is 0 Å². The summed E-state index contributed by atoms with van der Waals surface area (Å²) in [6.07, 6.45) is 4.46. The minimum absolute atomic E-state index is 0.303. The predicted molar refractivity (Wildman–Crippen MR) is 75.0 cm³/mol. The first-order valence-electron chi connectivity index (χ1n) is 5.50. The third-order valence-electron chi connectivity index (χ3n) is 2.02. The summed E-state index contributed by atoms with van der Waals surface area (Å²) < 4.78 is 8.02. The molecule has 18 heavy (non-hydrogen) atoms. The average molecular weight is 360 g/mol. The van der Waals surface area contributed by atoms with Crippen molar-refractivity contribution in [1.29, 1.82) is 0 Å². The van der Waals surface area contributed by atoms with Gasteiger partial charge in [-0.25, -0.2) is 4.68 Å². The normalized spacial score (nSPS) is 10.4. The highest BCUT2D eigenvalue weighted by Crippen LogP contribution is 2.12. The summed E-state index contributed by atoms with van der Waals surface area (Å²) in [5.74, 6) is 0.889.